The Morgan fingerprint density at radius 1 is 1.17 bits per heavy atom. The molecule has 7 heteroatoms. The normalized spacial score (nSPS) is 19.5. The fraction of sp³-hybridized carbons (Fsp3) is 0.588. The minimum atomic E-state index is -3.29. The summed E-state index contributed by atoms with van der Waals surface area (Å²) in [5.41, 5.74) is 0.943. The van der Waals surface area contributed by atoms with Crippen molar-refractivity contribution < 1.29 is 17.9 Å². The number of carbonyl (C=O) groups excluding carboxylic acids is 1. The van der Waals surface area contributed by atoms with E-state index in [1.54, 1.807) is 4.90 Å². The molecule has 0 bridgehead atoms. The van der Waals surface area contributed by atoms with Gasteiger partial charge in [-0.25, -0.2) is 13.1 Å². The molecule has 1 fully saturated rings. The molecule has 0 radical (unpaired) electrons. The van der Waals surface area contributed by atoms with Gasteiger partial charge >= 0.3 is 0 Å². The summed E-state index contributed by atoms with van der Waals surface area (Å²) in [7, 11) is -3.29. The van der Waals surface area contributed by atoms with Gasteiger partial charge in [0.2, 0.25) is 10.0 Å². The van der Waals surface area contributed by atoms with E-state index < -0.39 is 10.0 Å². The van der Waals surface area contributed by atoms with Crippen LogP contribution in [0.25, 0.3) is 0 Å². The summed E-state index contributed by atoms with van der Waals surface area (Å²) in [6.07, 6.45) is 4.54. The van der Waals surface area contributed by atoms with Crippen LogP contribution in [0.15, 0.2) is 24.3 Å². The molecule has 0 saturated heterocycles. The maximum atomic E-state index is 12.3. The molecule has 24 heavy (non-hydrogen) atoms. The Morgan fingerprint density at radius 2 is 1.92 bits per heavy atom. The molecule has 6 nitrogen and oxygen atoms in total. The minimum Gasteiger partial charge on any atom is -0.483 e. The lowest BCUT2D eigenvalue weighted by molar-refractivity contribution is -0.133. The third kappa shape index (κ3) is 4.08. The van der Waals surface area contributed by atoms with Gasteiger partial charge in [-0.2, -0.15) is 0 Å². The maximum Gasteiger partial charge on any atom is 0.260 e. The zero-order valence-electron chi connectivity index (χ0n) is 13.7. The number of benzene rings is 1. The smallest absolute Gasteiger partial charge is 0.260 e. The minimum absolute atomic E-state index is 0.00755. The zero-order valence-corrected chi connectivity index (χ0v) is 14.6. The van der Waals surface area contributed by atoms with E-state index in [1.807, 2.05) is 24.3 Å². The van der Waals surface area contributed by atoms with Gasteiger partial charge in [0.05, 0.1) is 5.25 Å². The van der Waals surface area contributed by atoms with Crippen LogP contribution in [-0.4, -0.2) is 44.2 Å². The number of nitrogens with zero attached hydrogens (tertiary/aromatic N) is 1. The summed E-state index contributed by atoms with van der Waals surface area (Å²) in [5.74, 6) is 0.596. The van der Waals surface area contributed by atoms with Gasteiger partial charge in [-0.05, 0) is 18.9 Å². The second-order valence-corrected chi connectivity index (χ2v) is 8.46. The lowest BCUT2D eigenvalue weighted by Gasteiger charge is -2.24. The topological polar surface area (TPSA) is 75.7 Å². The summed E-state index contributed by atoms with van der Waals surface area (Å²) in [6, 6.07) is 7.55. The molecule has 3 rings (SSSR count). The van der Waals surface area contributed by atoms with Gasteiger partial charge in [-0.1, -0.05) is 37.5 Å². The Kier molecular flexibility index (Phi) is 5.40. The molecular formula is C17H24N2O4S. The highest BCUT2D eigenvalue weighted by atomic mass is 32.2. The Balaban J connectivity index is 1.56. The van der Waals surface area contributed by atoms with Gasteiger partial charge in [0.15, 0.2) is 6.61 Å². The van der Waals surface area contributed by atoms with Gasteiger partial charge in [0.25, 0.3) is 5.91 Å². The van der Waals surface area contributed by atoms with Crippen LogP contribution in [0.1, 0.15) is 37.7 Å². The van der Waals surface area contributed by atoms with Crippen LogP contribution in [0.4, 0.5) is 0 Å². The van der Waals surface area contributed by atoms with E-state index in [9.17, 15) is 13.2 Å². The molecule has 1 amide bonds. The lowest BCUT2D eigenvalue weighted by Crippen LogP contribution is -2.42. The van der Waals surface area contributed by atoms with E-state index in [1.165, 1.54) is 0 Å². The molecule has 1 N–H and O–H groups in total. The van der Waals surface area contributed by atoms with Crippen LogP contribution in [0.3, 0.4) is 0 Å². The van der Waals surface area contributed by atoms with E-state index in [4.69, 9.17) is 4.74 Å². The standard InChI is InChI=1S/C17H24N2O4S/c20-17-13-23-16-9-5-4-6-14(16)12-19(17)11-10-18-24(21,22)15-7-2-1-3-8-15/h4-6,9,15,18H,1-3,7-8,10-13H2. The second kappa shape index (κ2) is 7.53. The van der Waals surface area contributed by atoms with Crippen LogP contribution < -0.4 is 9.46 Å². The summed E-state index contributed by atoms with van der Waals surface area (Å²) < 4.78 is 32.9. The summed E-state index contributed by atoms with van der Waals surface area (Å²) in [6.45, 7) is 1.03. The third-order valence-corrected chi connectivity index (χ3v) is 6.67. The number of sulfonamides is 1. The number of hydrogen-bond donors (Lipinski definition) is 1. The maximum absolute atomic E-state index is 12.3. The first-order valence-electron chi connectivity index (χ1n) is 8.53. The van der Waals surface area contributed by atoms with Gasteiger partial charge in [-0.15, -0.1) is 0 Å². The van der Waals surface area contributed by atoms with Crippen LogP contribution in [-0.2, 0) is 21.4 Å². The molecule has 0 atom stereocenters. The first kappa shape index (κ1) is 17.2. The van der Waals surface area contributed by atoms with Crippen molar-refractivity contribution in [3.63, 3.8) is 0 Å². The van der Waals surface area contributed by atoms with Gasteiger partial charge < -0.3 is 9.64 Å². The van der Waals surface area contributed by atoms with Crippen LogP contribution in [0.2, 0.25) is 0 Å². The Bertz CT molecular complexity index is 684. The first-order valence-corrected chi connectivity index (χ1v) is 10.1. The van der Waals surface area contributed by atoms with Crippen molar-refractivity contribution in [2.24, 2.45) is 0 Å². The second-order valence-electron chi connectivity index (χ2n) is 6.41. The molecule has 0 unspecified atom stereocenters. The fourth-order valence-corrected chi connectivity index (χ4v) is 4.89. The molecule has 132 valence electrons. The highest BCUT2D eigenvalue weighted by molar-refractivity contribution is 7.90. The highest BCUT2D eigenvalue weighted by Crippen LogP contribution is 2.24. The summed E-state index contributed by atoms with van der Waals surface area (Å²) in [4.78, 5) is 13.8. The zero-order chi connectivity index (χ0) is 17.0. The molecular weight excluding hydrogens is 328 g/mol. The number of fused-ring (bicyclic) bond motifs is 1. The molecule has 1 heterocycles. The quantitative estimate of drug-likeness (QED) is 0.874. The van der Waals surface area contributed by atoms with Gasteiger partial charge in [-0.3, -0.25) is 4.79 Å². The molecule has 2 aliphatic rings. The molecule has 1 aromatic rings. The lowest BCUT2D eigenvalue weighted by atomic mass is 10.0. The van der Waals surface area contributed by atoms with Gasteiger partial charge in [0, 0.05) is 25.2 Å². The predicted molar refractivity (Wildman–Crippen MR) is 91.1 cm³/mol. The Morgan fingerprint density at radius 3 is 2.71 bits per heavy atom. The number of para-hydroxylation sites is 1. The van der Waals surface area contributed by atoms with E-state index in [-0.39, 0.29) is 24.3 Å². The molecule has 1 aliphatic heterocycles. The van der Waals surface area contributed by atoms with E-state index in [0.717, 1.165) is 43.4 Å². The number of amides is 1. The number of rotatable bonds is 5. The number of carbonyl (C=O) groups is 1. The SMILES string of the molecule is O=C1COc2ccccc2CN1CCNS(=O)(=O)C1CCCCC1. The van der Waals surface area contributed by atoms with Gasteiger partial charge in [0.1, 0.15) is 5.75 Å². The van der Waals surface area contributed by atoms with Crippen molar-refractivity contribution in [1.82, 2.24) is 9.62 Å². The van der Waals surface area contributed by atoms with E-state index in [0.29, 0.717) is 13.1 Å². The fourth-order valence-electron chi connectivity index (χ4n) is 3.32. The largest absolute Gasteiger partial charge is 0.483 e. The third-order valence-electron chi connectivity index (χ3n) is 4.71. The van der Waals surface area contributed by atoms with Crippen molar-refractivity contribution in [3.8, 4) is 5.75 Å². The van der Waals surface area contributed by atoms with Crippen molar-refractivity contribution >= 4 is 15.9 Å². The first-order chi connectivity index (χ1) is 11.6. The number of ether oxygens (including phenoxy) is 1. The van der Waals surface area contributed by atoms with Crippen LogP contribution in [0, 0.1) is 0 Å². The molecule has 0 spiro atoms. The monoisotopic (exact) mass is 352 g/mol. The van der Waals surface area contributed by atoms with E-state index >= 15 is 0 Å². The Hall–Kier alpha value is -1.60. The van der Waals surface area contributed by atoms with Crippen LogP contribution >= 0.6 is 0 Å². The molecule has 0 aromatic heterocycles. The molecule has 1 aliphatic carbocycles. The van der Waals surface area contributed by atoms with Crippen molar-refractivity contribution in [2.45, 2.75) is 43.9 Å². The summed E-state index contributed by atoms with van der Waals surface area (Å²) >= 11 is 0. The van der Waals surface area contributed by atoms with E-state index in [2.05, 4.69) is 4.72 Å². The molecule has 1 saturated carbocycles. The molecule has 1 aromatic carbocycles. The number of hydrogen-bond acceptors (Lipinski definition) is 4. The van der Waals surface area contributed by atoms with Crippen molar-refractivity contribution in [3.05, 3.63) is 29.8 Å². The highest BCUT2D eigenvalue weighted by Gasteiger charge is 2.27. The number of nitrogens with one attached hydrogen (secondary N) is 1. The van der Waals surface area contributed by atoms with Crippen molar-refractivity contribution in [2.75, 3.05) is 19.7 Å². The average Bonchev–Trinajstić information content (AvgIpc) is 2.75. The van der Waals surface area contributed by atoms with Crippen molar-refractivity contribution in [1.29, 1.82) is 0 Å². The Labute approximate surface area is 143 Å². The van der Waals surface area contributed by atoms with Crippen LogP contribution in [0.5, 0.6) is 5.75 Å². The summed E-state index contributed by atoms with van der Waals surface area (Å²) in [5, 5.41) is -0.282. The predicted octanol–water partition coefficient (Wildman–Crippen LogP) is 1.66. The average molecular weight is 352 g/mol.